The summed E-state index contributed by atoms with van der Waals surface area (Å²) in [4.78, 5) is 56.5. The van der Waals surface area contributed by atoms with Gasteiger partial charge in [0.25, 0.3) is 23.5 Å². The standard InChI is InChI=1S/C24H19N7O6/c32-20-11-37-19-6-3-14(7-16(19)29-20)10-25-21(33)17-8-18(31-24(30-17)27-12-28-31)22(34)26-9-13-1-4-15(5-2-13)23(35)36/h1-8,12H,9-11H2,(H,25,33)(H,26,34)(H,29,32)(H,35,36). The normalized spacial score (nSPS) is 12.3. The minimum absolute atomic E-state index is 0.0361. The van der Waals surface area contributed by atoms with Gasteiger partial charge in [0.1, 0.15) is 23.5 Å². The minimum Gasteiger partial charge on any atom is -0.482 e. The lowest BCUT2D eigenvalue weighted by Crippen LogP contribution is -2.29. The van der Waals surface area contributed by atoms with E-state index in [1.165, 1.54) is 29.0 Å². The van der Waals surface area contributed by atoms with E-state index in [-0.39, 0.29) is 48.3 Å². The minimum atomic E-state index is -1.04. The molecule has 0 fully saturated rings. The van der Waals surface area contributed by atoms with E-state index in [2.05, 4.69) is 31.0 Å². The number of aromatic carboxylic acids is 1. The topological polar surface area (TPSA) is 177 Å². The van der Waals surface area contributed by atoms with Crippen molar-refractivity contribution in [3.8, 4) is 5.75 Å². The van der Waals surface area contributed by atoms with E-state index in [0.717, 1.165) is 0 Å². The number of rotatable bonds is 7. The number of nitrogens with zero attached hydrogens (tertiary/aromatic N) is 4. The summed E-state index contributed by atoms with van der Waals surface area (Å²) in [6.45, 7) is 0.208. The highest BCUT2D eigenvalue weighted by Crippen LogP contribution is 2.28. The smallest absolute Gasteiger partial charge is 0.335 e. The molecule has 13 nitrogen and oxygen atoms in total. The molecule has 2 aromatic carbocycles. The van der Waals surface area contributed by atoms with Crippen LogP contribution in [0.3, 0.4) is 0 Å². The maximum Gasteiger partial charge on any atom is 0.335 e. The van der Waals surface area contributed by atoms with Gasteiger partial charge in [-0.2, -0.15) is 14.6 Å². The van der Waals surface area contributed by atoms with Crippen LogP contribution in [0.15, 0.2) is 54.9 Å². The van der Waals surface area contributed by atoms with Gasteiger partial charge in [-0.3, -0.25) is 14.4 Å². The van der Waals surface area contributed by atoms with Gasteiger partial charge >= 0.3 is 5.97 Å². The zero-order chi connectivity index (χ0) is 25.9. The predicted molar refractivity (Wildman–Crippen MR) is 127 cm³/mol. The number of carbonyl (C=O) groups is 4. The Bertz CT molecular complexity index is 1550. The van der Waals surface area contributed by atoms with Crippen molar-refractivity contribution in [1.82, 2.24) is 30.2 Å². The Kier molecular flexibility index (Phi) is 6.16. The molecule has 2 aromatic heterocycles. The third-order valence-electron chi connectivity index (χ3n) is 5.50. The molecule has 0 spiro atoms. The van der Waals surface area contributed by atoms with Crippen LogP contribution < -0.4 is 20.7 Å². The Balaban J connectivity index is 1.29. The molecule has 0 bridgehead atoms. The fourth-order valence-electron chi connectivity index (χ4n) is 3.64. The summed E-state index contributed by atoms with van der Waals surface area (Å²) in [6.07, 6.45) is 1.22. The number of carbonyl (C=O) groups excluding carboxylic acids is 3. The van der Waals surface area contributed by atoms with Crippen molar-refractivity contribution in [2.24, 2.45) is 0 Å². The molecule has 5 rings (SSSR count). The van der Waals surface area contributed by atoms with Gasteiger partial charge in [0.05, 0.1) is 11.3 Å². The van der Waals surface area contributed by atoms with Crippen LogP contribution in [0.5, 0.6) is 5.75 Å². The van der Waals surface area contributed by atoms with Crippen LogP contribution in [0, 0.1) is 0 Å². The molecule has 0 radical (unpaired) electrons. The number of fused-ring (bicyclic) bond motifs is 2. The Morgan fingerprint density at radius 2 is 1.73 bits per heavy atom. The van der Waals surface area contributed by atoms with E-state index in [0.29, 0.717) is 22.6 Å². The van der Waals surface area contributed by atoms with Crippen LogP contribution in [0.1, 0.15) is 42.5 Å². The fourth-order valence-corrected chi connectivity index (χ4v) is 3.64. The Morgan fingerprint density at radius 3 is 2.51 bits per heavy atom. The number of carboxylic acids is 1. The van der Waals surface area contributed by atoms with Crippen LogP contribution in [0.25, 0.3) is 5.78 Å². The monoisotopic (exact) mass is 501 g/mol. The average Bonchev–Trinajstić information content (AvgIpc) is 3.38. The molecule has 4 N–H and O–H groups in total. The predicted octanol–water partition coefficient (Wildman–Crippen LogP) is 1.01. The first-order valence-corrected chi connectivity index (χ1v) is 11.0. The summed E-state index contributed by atoms with van der Waals surface area (Å²) in [5.74, 6) is -1.76. The largest absolute Gasteiger partial charge is 0.482 e. The number of nitrogens with one attached hydrogen (secondary N) is 3. The third-order valence-corrected chi connectivity index (χ3v) is 5.50. The van der Waals surface area contributed by atoms with Gasteiger partial charge < -0.3 is 25.8 Å². The Hall–Kier alpha value is -5.33. The van der Waals surface area contributed by atoms with Gasteiger partial charge in [-0.15, -0.1) is 0 Å². The number of hydrogen-bond donors (Lipinski definition) is 4. The summed E-state index contributed by atoms with van der Waals surface area (Å²) in [5.41, 5.74) is 2.06. The third kappa shape index (κ3) is 5.05. The summed E-state index contributed by atoms with van der Waals surface area (Å²) in [6, 6.07) is 12.5. The van der Waals surface area contributed by atoms with Gasteiger partial charge in [0.15, 0.2) is 6.61 Å². The molecule has 0 atom stereocenters. The van der Waals surface area contributed by atoms with Crippen molar-refractivity contribution >= 4 is 35.2 Å². The molecule has 37 heavy (non-hydrogen) atoms. The summed E-state index contributed by atoms with van der Waals surface area (Å²) >= 11 is 0. The zero-order valence-corrected chi connectivity index (χ0v) is 19.1. The summed E-state index contributed by atoms with van der Waals surface area (Å²) < 4.78 is 6.55. The second-order valence-electron chi connectivity index (χ2n) is 8.03. The molecule has 186 valence electrons. The van der Waals surface area contributed by atoms with Crippen molar-refractivity contribution in [2.45, 2.75) is 13.1 Å². The molecule has 3 amide bonds. The van der Waals surface area contributed by atoms with Crippen LogP contribution in [0.4, 0.5) is 5.69 Å². The summed E-state index contributed by atoms with van der Waals surface area (Å²) in [5, 5.41) is 21.2. The Morgan fingerprint density at radius 1 is 1.00 bits per heavy atom. The fraction of sp³-hybridized carbons (Fsp3) is 0.125. The van der Waals surface area contributed by atoms with Crippen molar-refractivity contribution < 1.29 is 29.0 Å². The molecular weight excluding hydrogens is 482 g/mol. The van der Waals surface area contributed by atoms with E-state index in [1.54, 1.807) is 30.3 Å². The lowest BCUT2D eigenvalue weighted by atomic mass is 10.1. The average molecular weight is 501 g/mol. The van der Waals surface area contributed by atoms with E-state index in [4.69, 9.17) is 9.84 Å². The number of amides is 3. The number of hydrogen-bond acceptors (Lipinski definition) is 8. The highest BCUT2D eigenvalue weighted by molar-refractivity contribution is 5.98. The van der Waals surface area contributed by atoms with E-state index in [9.17, 15) is 19.2 Å². The second-order valence-corrected chi connectivity index (χ2v) is 8.03. The maximum absolute atomic E-state index is 12.9. The summed E-state index contributed by atoms with van der Waals surface area (Å²) in [7, 11) is 0. The lowest BCUT2D eigenvalue weighted by molar-refractivity contribution is -0.118. The molecular formula is C24H19N7O6. The number of aromatic nitrogens is 4. The van der Waals surface area contributed by atoms with E-state index in [1.807, 2.05) is 0 Å². The highest BCUT2D eigenvalue weighted by Gasteiger charge is 2.19. The molecule has 0 aliphatic carbocycles. The van der Waals surface area contributed by atoms with Crippen LogP contribution in [-0.2, 0) is 17.9 Å². The van der Waals surface area contributed by atoms with Crippen molar-refractivity contribution in [1.29, 1.82) is 0 Å². The number of ether oxygens (including phenoxy) is 1. The number of carboxylic acid groups (broad SMARTS) is 1. The van der Waals surface area contributed by atoms with Gasteiger partial charge in [-0.25, -0.2) is 9.78 Å². The first kappa shape index (κ1) is 23.4. The van der Waals surface area contributed by atoms with Crippen LogP contribution in [-0.4, -0.2) is 55.0 Å². The molecule has 4 aromatic rings. The van der Waals surface area contributed by atoms with Gasteiger partial charge in [-0.05, 0) is 35.4 Å². The molecule has 13 heteroatoms. The zero-order valence-electron chi connectivity index (χ0n) is 19.1. The van der Waals surface area contributed by atoms with Crippen LogP contribution >= 0.6 is 0 Å². The first-order valence-electron chi connectivity index (χ1n) is 11.0. The van der Waals surface area contributed by atoms with Gasteiger partial charge in [0.2, 0.25) is 0 Å². The molecule has 1 aliphatic rings. The van der Waals surface area contributed by atoms with Crippen molar-refractivity contribution in [3.63, 3.8) is 0 Å². The number of anilines is 1. The van der Waals surface area contributed by atoms with Crippen LogP contribution in [0.2, 0.25) is 0 Å². The second kappa shape index (κ2) is 9.73. The molecule has 0 saturated heterocycles. The first-order chi connectivity index (χ1) is 17.9. The van der Waals surface area contributed by atoms with E-state index < -0.39 is 17.8 Å². The van der Waals surface area contributed by atoms with Crippen molar-refractivity contribution in [3.05, 3.63) is 82.9 Å². The quantitative estimate of drug-likeness (QED) is 0.288. The maximum atomic E-state index is 12.9. The lowest BCUT2D eigenvalue weighted by Gasteiger charge is -2.18. The Labute approximate surface area is 208 Å². The molecule has 1 aliphatic heterocycles. The SMILES string of the molecule is O=C1COc2ccc(CNC(=O)c3cc(C(=O)NCc4ccc(C(=O)O)cc4)n4ncnc4n3)cc2N1. The molecule has 0 saturated carbocycles. The van der Waals surface area contributed by atoms with Crippen molar-refractivity contribution in [2.75, 3.05) is 11.9 Å². The molecule has 0 unspecified atom stereocenters. The van der Waals surface area contributed by atoms with Gasteiger partial charge in [-0.1, -0.05) is 18.2 Å². The molecule has 3 heterocycles. The number of benzene rings is 2. The van der Waals surface area contributed by atoms with Gasteiger partial charge in [0, 0.05) is 19.2 Å². The van der Waals surface area contributed by atoms with E-state index >= 15 is 0 Å². The highest BCUT2D eigenvalue weighted by atomic mass is 16.5.